The second kappa shape index (κ2) is 7.25. The second-order valence-electron chi connectivity index (χ2n) is 4.90. The highest BCUT2D eigenvalue weighted by atomic mass is 16.5. The van der Waals surface area contributed by atoms with Gasteiger partial charge < -0.3 is 14.8 Å². The Bertz CT molecular complexity index is 187. The lowest BCUT2D eigenvalue weighted by molar-refractivity contribution is 0.0156. The highest BCUT2D eigenvalue weighted by Crippen LogP contribution is 2.26. The monoisotopic (exact) mass is 229 g/mol. The summed E-state index contributed by atoms with van der Waals surface area (Å²) >= 11 is 0. The fourth-order valence-corrected chi connectivity index (χ4v) is 2.52. The minimum absolute atomic E-state index is 0.391. The minimum atomic E-state index is 0.391. The van der Waals surface area contributed by atoms with Gasteiger partial charge in [-0.25, -0.2) is 0 Å². The average molecular weight is 229 g/mol. The molecule has 1 saturated heterocycles. The van der Waals surface area contributed by atoms with E-state index < -0.39 is 0 Å². The van der Waals surface area contributed by atoms with Gasteiger partial charge in [0.25, 0.3) is 0 Å². The van der Waals surface area contributed by atoms with Crippen molar-refractivity contribution in [3.05, 3.63) is 0 Å². The van der Waals surface area contributed by atoms with Crippen LogP contribution in [0.4, 0.5) is 0 Å². The number of nitrogens with one attached hydrogen (secondary N) is 1. The van der Waals surface area contributed by atoms with Crippen LogP contribution in [0.5, 0.6) is 0 Å². The van der Waals surface area contributed by atoms with Crippen LogP contribution in [0.3, 0.4) is 0 Å². The van der Waals surface area contributed by atoms with Gasteiger partial charge >= 0.3 is 0 Å². The molecule has 16 heavy (non-hydrogen) atoms. The first-order valence-corrected chi connectivity index (χ1v) is 6.56. The highest BCUT2D eigenvalue weighted by Gasteiger charge is 2.32. The highest BCUT2D eigenvalue weighted by molar-refractivity contribution is 4.86. The molecular formula is C13H27NO2. The largest absolute Gasteiger partial charge is 0.385 e. The summed E-state index contributed by atoms with van der Waals surface area (Å²) in [5.74, 6) is 0.607. The smallest absolute Gasteiger partial charge is 0.0735 e. The van der Waals surface area contributed by atoms with Crippen LogP contribution >= 0.6 is 0 Å². The van der Waals surface area contributed by atoms with Crippen LogP contribution in [-0.2, 0) is 9.47 Å². The number of rotatable bonds is 7. The quantitative estimate of drug-likeness (QED) is 0.726. The van der Waals surface area contributed by atoms with Crippen molar-refractivity contribution in [1.82, 2.24) is 5.32 Å². The van der Waals surface area contributed by atoms with Crippen molar-refractivity contribution >= 4 is 0 Å². The molecule has 0 radical (unpaired) electrons. The van der Waals surface area contributed by atoms with E-state index in [1.54, 1.807) is 7.11 Å². The van der Waals surface area contributed by atoms with Crippen molar-refractivity contribution in [1.29, 1.82) is 0 Å². The van der Waals surface area contributed by atoms with Crippen molar-refractivity contribution < 1.29 is 9.47 Å². The molecule has 1 N–H and O–H groups in total. The van der Waals surface area contributed by atoms with E-state index in [0.717, 1.165) is 19.6 Å². The van der Waals surface area contributed by atoms with E-state index >= 15 is 0 Å². The van der Waals surface area contributed by atoms with Crippen LogP contribution in [0.15, 0.2) is 0 Å². The molecule has 1 heterocycles. The summed E-state index contributed by atoms with van der Waals surface area (Å²) in [4.78, 5) is 0. The molecule has 96 valence electrons. The molecule has 0 spiro atoms. The molecule has 0 bridgehead atoms. The van der Waals surface area contributed by atoms with E-state index in [4.69, 9.17) is 9.47 Å². The Morgan fingerprint density at radius 3 is 2.69 bits per heavy atom. The summed E-state index contributed by atoms with van der Waals surface area (Å²) in [6.07, 6.45) is 4.31. The number of hydrogen-bond acceptors (Lipinski definition) is 3. The average Bonchev–Trinajstić information content (AvgIpc) is 2.69. The van der Waals surface area contributed by atoms with Crippen molar-refractivity contribution in [2.24, 2.45) is 5.92 Å². The van der Waals surface area contributed by atoms with Gasteiger partial charge in [-0.2, -0.15) is 0 Å². The van der Waals surface area contributed by atoms with Crippen molar-refractivity contribution in [3.8, 4) is 0 Å². The Morgan fingerprint density at radius 2 is 2.19 bits per heavy atom. The van der Waals surface area contributed by atoms with E-state index in [1.165, 1.54) is 12.8 Å². The predicted molar refractivity (Wildman–Crippen MR) is 66.7 cm³/mol. The maximum atomic E-state index is 5.97. The lowest BCUT2D eigenvalue weighted by Crippen LogP contribution is -2.44. The number of ether oxygens (including phenoxy) is 2. The summed E-state index contributed by atoms with van der Waals surface area (Å²) in [5.41, 5.74) is 0. The third-order valence-electron chi connectivity index (χ3n) is 3.50. The van der Waals surface area contributed by atoms with Gasteiger partial charge in [-0.3, -0.25) is 0 Å². The fraction of sp³-hybridized carbons (Fsp3) is 1.00. The fourth-order valence-electron chi connectivity index (χ4n) is 2.52. The first-order chi connectivity index (χ1) is 7.69. The zero-order valence-electron chi connectivity index (χ0n) is 11.2. The zero-order valence-corrected chi connectivity index (χ0v) is 11.2. The summed E-state index contributed by atoms with van der Waals surface area (Å²) in [6, 6.07) is 0.477. The first-order valence-electron chi connectivity index (χ1n) is 6.56. The molecule has 0 amide bonds. The third-order valence-corrected chi connectivity index (χ3v) is 3.50. The standard InChI is InChI=1S/C13H27NO2/c1-5-14-13(10(2)8-9-15-4)12-7-6-11(3)16-12/h10-14H,5-9H2,1-4H3. The van der Waals surface area contributed by atoms with Gasteiger partial charge in [0.05, 0.1) is 12.2 Å². The Morgan fingerprint density at radius 1 is 1.44 bits per heavy atom. The molecule has 0 aromatic rings. The van der Waals surface area contributed by atoms with Gasteiger partial charge in [0, 0.05) is 19.8 Å². The molecular weight excluding hydrogens is 202 g/mol. The van der Waals surface area contributed by atoms with Crippen molar-refractivity contribution in [2.75, 3.05) is 20.3 Å². The van der Waals surface area contributed by atoms with Crippen molar-refractivity contribution in [3.63, 3.8) is 0 Å². The lowest BCUT2D eigenvalue weighted by Gasteiger charge is -2.30. The van der Waals surface area contributed by atoms with E-state index in [0.29, 0.717) is 24.2 Å². The maximum absolute atomic E-state index is 5.97. The Kier molecular flexibility index (Phi) is 6.32. The molecule has 0 aliphatic carbocycles. The topological polar surface area (TPSA) is 30.5 Å². The summed E-state index contributed by atoms with van der Waals surface area (Å²) in [7, 11) is 1.77. The Hall–Kier alpha value is -0.120. The van der Waals surface area contributed by atoms with Gasteiger partial charge in [-0.05, 0) is 38.6 Å². The number of hydrogen-bond donors (Lipinski definition) is 1. The first kappa shape index (κ1) is 13.9. The van der Waals surface area contributed by atoms with Gasteiger partial charge in [-0.15, -0.1) is 0 Å². The third kappa shape index (κ3) is 4.04. The number of likely N-dealkylation sites (N-methyl/N-ethyl adjacent to an activating group) is 1. The summed E-state index contributed by atoms with van der Waals surface area (Å²) < 4.78 is 11.1. The van der Waals surface area contributed by atoms with E-state index in [-0.39, 0.29) is 0 Å². The maximum Gasteiger partial charge on any atom is 0.0735 e. The van der Waals surface area contributed by atoms with Crippen LogP contribution in [0.1, 0.15) is 40.0 Å². The molecule has 4 unspecified atom stereocenters. The van der Waals surface area contributed by atoms with Gasteiger partial charge in [-0.1, -0.05) is 13.8 Å². The molecule has 0 aromatic heterocycles. The molecule has 4 atom stereocenters. The van der Waals surface area contributed by atoms with Gasteiger partial charge in [0.2, 0.25) is 0 Å². The summed E-state index contributed by atoms with van der Waals surface area (Å²) in [6.45, 7) is 8.47. The molecule has 3 heteroatoms. The van der Waals surface area contributed by atoms with Gasteiger partial charge in [0.1, 0.15) is 0 Å². The second-order valence-corrected chi connectivity index (χ2v) is 4.90. The van der Waals surface area contributed by atoms with Crippen LogP contribution in [0.2, 0.25) is 0 Å². The van der Waals surface area contributed by atoms with Crippen LogP contribution in [0.25, 0.3) is 0 Å². The Balaban J connectivity index is 2.45. The lowest BCUT2D eigenvalue weighted by atomic mass is 9.92. The van der Waals surface area contributed by atoms with Crippen LogP contribution < -0.4 is 5.32 Å². The number of methoxy groups -OCH3 is 1. The normalized spacial score (nSPS) is 29.2. The molecule has 3 nitrogen and oxygen atoms in total. The Labute approximate surface area is 99.9 Å². The minimum Gasteiger partial charge on any atom is -0.385 e. The van der Waals surface area contributed by atoms with Crippen LogP contribution in [-0.4, -0.2) is 38.5 Å². The van der Waals surface area contributed by atoms with E-state index in [1.807, 2.05) is 0 Å². The van der Waals surface area contributed by atoms with E-state index in [9.17, 15) is 0 Å². The molecule has 0 saturated carbocycles. The van der Waals surface area contributed by atoms with Crippen LogP contribution in [0, 0.1) is 5.92 Å². The molecule has 1 aliphatic heterocycles. The molecule has 1 fully saturated rings. The van der Waals surface area contributed by atoms with E-state index in [2.05, 4.69) is 26.1 Å². The molecule has 1 rings (SSSR count). The zero-order chi connectivity index (χ0) is 12.0. The predicted octanol–water partition coefficient (Wildman–Crippen LogP) is 2.20. The van der Waals surface area contributed by atoms with Gasteiger partial charge in [0.15, 0.2) is 0 Å². The summed E-state index contributed by atoms with van der Waals surface area (Å²) in [5, 5.41) is 3.57. The molecule has 0 aromatic carbocycles. The SMILES string of the molecule is CCNC(C(C)CCOC)C1CCC(C)O1. The molecule has 1 aliphatic rings. The van der Waals surface area contributed by atoms with Crippen molar-refractivity contribution in [2.45, 2.75) is 58.3 Å².